The third-order valence-electron chi connectivity index (χ3n) is 3.25. The lowest BCUT2D eigenvalue weighted by atomic mass is 10.1. The number of aromatic nitrogens is 1. The summed E-state index contributed by atoms with van der Waals surface area (Å²) in [7, 11) is 0. The maximum atomic E-state index is 5.57. The van der Waals surface area contributed by atoms with Crippen molar-refractivity contribution < 1.29 is 4.42 Å². The van der Waals surface area contributed by atoms with Gasteiger partial charge in [0.1, 0.15) is 11.5 Å². The summed E-state index contributed by atoms with van der Waals surface area (Å²) < 4.78 is 5.57. The van der Waals surface area contributed by atoms with E-state index in [9.17, 15) is 0 Å². The summed E-state index contributed by atoms with van der Waals surface area (Å²) in [5.74, 6) is 1.96. The Morgan fingerprint density at radius 1 is 1.11 bits per heavy atom. The highest BCUT2D eigenvalue weighted by Gasteiger charge is 2.15. The van der Waals surface area contributed by atoms with Gasteiger partial charge in [-0.2, -0.15) is 0 Å². The molecule has 0 amide bonds. The Balaban J connectivity index is 2.08. The summed E-state index contributed by atoms with van der Waals surface area (Å²) >= 11 is 0. The van der Waals surface area contributed by atoms with Gasteiger partial charge in [0.15, 0.2) is 0 Å². The minimum atomic E-state index is 0.269. The Morgan fingerprint density at radius 3 is 2.33 bits per heavy atom. The van der Waals surface area contributed by atoms with Gasteiger partial charge < -0.3 is 9.73 Å². The second-order valence-corrected chi connectivity index (χ2v) is 4.76. The lowest BCUT2D eigenvalue weighted by Gasteiger charge is -2.20. The zero-order valence-corrected chi connectivity index (χ0v) is 11.4. The van der Waals surface area contributed by atoms with Crippen molar-refractivity contribution in [2.45, 2.75) is 39.8 Å². The normalized spacial score (nSPS) is 14.4. The van der Waals surface area contributed by atoms with Crippen molar-refractivity contribution in [1.82, 2.24) is 10.3 Å². The molecule has 0 bridgehead atoms. The zero-order valence-electron chi connectivity index (χ0n) is 11.4. The highest BCUT2D eigenvalue weighted by molar-refractivity contribution is 5.24. The van der Waals surface area contributed by atoms with E-state index in [1.165, 1.54) is 11.1 Å². The molecule has 2 aromatic rings. The van der Waals surface area contributed by atoms with Crippen LogP contribution in [0.3, 0.4) is 0 Å². The van der Waals surface area contributed by atoms with Crippen molar-refractivity contribution in [2.24, 2.45) is 0 Å². The first-order valence-corrected chi connectivity index (χ1v) is 6.31. The fraction of sp³-hybridized carbons (Fsp3) is 0.400. The van der Waals surface area contributed by atoms with E-state index in [-0.39, 0.29) is 12.1 Å². The van der Waals surface area contributed by atoms with Crippen LogP contribution in [0, 0.1) is 13.8 Å². The molecule has 2 atom stereocenters. The van der Waals surface area contributed by atoms with Crippen LogP contribution in [0.25, 0.3) is 0 Å². The van der Waals surface area contributed by atoms with E-state index >= 15 is 0 Å². The summed E-state index contributed by atoms with van der Waals surface area (Å²) in [4.78, 5) is 4.04. The summed E-state index contributed by atoms with van der Waals surface area (Å²) in [5, 5.41) is 3.58. The molecule has 0 aromatic carbocycles. The quantitative estimate of drug-likeness (QED) is 0.891. The predicted molar refractivity (Wildman–Crippen MR) is 72.4 cm³/mol. The first kappa shape index (κ1) is 12.8. The smallest absolute Gasteiger partial charge is 0.105 e. The molecule has 2 heterocycles. The SMILES string of the molecule is Cc1cc(C(C)N[C@H](C)c2ccncc2)c(C)o1. The van der Waals surface area contributed by atoms with E-state index in [2.05, 4.69) is 30.2 Å². The summed E-state index contributed by atoms with van der Waals surface area (Å²) in [5.41, 5.74) is 2.48. The molecule has 2 rings (SSSR count). The Labute approximate surface area is 108 Å². The fourth-order valence-electron chi connectivity index (χ4n) is 2.29. The molecule has 0 saturated heterocycles. The van der Waals surface area contributed by atoms with Gasteiger partial charge in [0.25, 0.3) is 0 Å². The number of nitrogens with zero attached hydrogens (tertiary/aromatic N) is 1. The Kier molecular flexibility index (Phi) is 3.82. The molecule has 0 radical (unpaired) electrons. The molecule has 0 saturated carbocycles. The molecule has 3 nitrogen and oxygen atoms in total. The van der Waals surface area contributed by atoms with Gasteiger partial charge in [-0.1, -0.05) is 0 Å². The van der Waals surface area contributed by atoms with E-state index in [1.54, 1.807) is 0 Å². The van der Waals surface area contributed by atoms with Gasteiger partial charge in [0, 0.05) is 30.0 Å². The molecule has 1 unspecified atom stereocenters. The van der Waals surface area contributed by atoms with E-state index in [0.29, 0.717) is 0 Å². The largest absolute Gasteiger partial charge is 0.466 e. The van der Waals surface area contributed by atoms with E-state index < -0.39 is 0 Å². The number of rotatable bonds is 4. The number of pyridine rings is 1. The van der Waals surface area contributed by atoms with Crippen LogP contribution in [0.15, 0.2) is 35.0 Å². The molecule has 0 aliphatic rings. The summed E-state index contributed by atoms with van der Waals surface area (Å²) in [6.45, 7) is 8.32. The van der Waals surface area contributed by atoms with E-state index in [0.717, 1.165) is 11.5 Å². The van der Waals surface area contributed by atoms with Gasteiger partial charge in [-0.25, -0.2) is 0 Å². The van der Waals surface area contributed by atoms with Crippen LogP contribution in [0.4, 0.5) is 0 Å². The molecule has 1 N–H and O–H groups in total. The maximum Gasteiger partial charge on any atom is 0.105 e. The van der Waals surface area contributed by atoms with Crippen molar-refractivity contribution in [3.8, 4) is 0 Å². The Bertz CT molecular complexity index is 504. The number of hydrogen-bond acceptors (Lipinski definition) is 3. The molecular formula is C15H20N2O. The third-order valence-corrected chi connectivity index (χ3v) is 3.25. The van der Waals surface area contributed by atoms with Gasteiger partial charge in [0.05, 0.1) is 0 Å². The molecule has 18 heavy (non-hydrogen) atoms. The van der Waals surface area contributed by atoms with Crippen molar-refractivity contribution in [2.75, 3.05) is 0 Å². The fourth-order valence-corrected chi connectivity index (χ4v) is 2.29. The van der Waals surface area contributed by atoms with Crippen molar-refractivity contribution in [1.29, 1.82) is 0 Å². The summed E-state index contributed by atoms with van der Waals surface area (Å²) in [6, 6.07) is 6.74. The van der Waals surface area contributed by atoms with Crippen LogP contribution in [0.2, 0.25) is 0 Å². The second kappa shape index (κ2) is 5.36. The minimum Gasteiger partial charge on any atom is -0.466 e. The maximum absolute atomic E-state index is 5.57. The zero-order chi connectivity index (χ0) is 13.1. The summed E-state index contributed by atoms with van der Waals surface area (Å²) in [6.07, 6.45) is 3.65. The van der Waals surface area contributed by atoms with Crippen LogP contribution in [0.1, 0.15) is 48.6 Å². The number of furan rings is 1. The minimum absolute atomic E-state index is 0.269. The van der Waals surface area contributed by atoms with Crippen LogP contribution in [-0.4, -0.2) is 4.98 Å². The molecular weight excluding hydrogens is 224 g/mol. The average molecular weight is 244 g/mol. The van der Waals surface area contributed by atoms with Gasteiger partial charge in [-0.05, 0) is 51.5 Å². The first-order chi connectivity index (χ1) is 8.58. The van der Waals surface area contributed by atoms with Crippen molar-refractivity contribution in [3.05, 3.63) is 53.2 Å². The standard InChI is InChI=1S/C15H20N2O/c1-10-9-15(13(4)18-10)12(3)17-11(2)14-5-7-16-8-6-14/h5-9,11-12,17H,1-4H3/t11-,12?/m1/s1. The van der Waals surface area contributed by atoms with Crippen LogP contribution < -0.4 is 5.32 Å². The van der Waals surface area contributed by atoms with Crippen LogP contribution in [-0.2, 0) is 0 Å². The van der Waals surface area contributed by atoms with Crippen LogP contribution >= 0.6 is 0 Å². The lowest BCUT2D eigenvalue weighted by molar-refractivity contribution is 0.469. The highest BCUT2D eigenvalue weighted by atomic mass is 16.3. The average Bonchev–Trinajstić information content (AvgIpc) is 2.69. The molecule has 0 fully saturated rings. The monoisotopic (exact) mass is 244 g/mol. The Morgan fingerprint density at radius 2 is 1.78 bits per heavy atom. The predicted octanol–water partition coefficient (Wildman–Crippen LogP) is 3.70. The number of nitrogens with one attached hydrogen (secondary N) is 1. The molecule has 0 aliphatic heterocycles. The molecule has 0 spiro atoms. The lowest BCUT2D eigenvalue weighted by Crippen LogP contribution is -2.22. The molecule has 0 aliphatic carbocycles. The number of aryl methyl sites for hydroxylation is 2. The topological polar surface area (TPSA) is 38.1 Å². The second-order valence-electron chi connectivity index (χ2n) is 4.76. The van der Waals surface area contributed by atoms with Crippen molar-refractivity contribution in [3.63, 3.8) is 0 Å². The highest BCUT2D eigenvalue weighted by Crippen LogP contribution is 2.24. The Hall–Kier alpha value is -1.61. The van der Waals surface area contributed by atoms with E-state index in [1.807, 2.05) is 38.4 Å². The third kappa shape index (κ3) is 2.79. The van der Waals surface area contributed by atoms with Gasteiger partial charge in [-0.3, -0.25) is 4.98 Å². The van der Waals surface area contributed by atoms with E-state index in [4.69, 9.17) is 4.42 Å². The van der Waals surface area contributed by atoms with Gasteiger partial charge in [-0.15, -0.1) is 0 Å². The molecule has 2 aromatic heterocycles. The first-order valence-electron chi connectivity index (χ1n) is 6.31. The molecule has 3 heteroatoms. The number of hydrogen-bond donors (Lipinski definition) is 1. The van der Waals surface area contributed by atoms with Crippen molar-refractivity contribution >= 4 is 0 Å². The van der Waals surface area contributed by atoms with Crippen LogP contribution in [0.5, 0.6) is 0 Å². The van der Waals surface area contributed by atoms with Gasteiger partial charge >= 0.3 is 0 Å². The van der Waals surface area contributed by atoms with Gasteiger partial charge in [0.2, 0.25) is 0 Å². The molecule has 96 valence electrons.